The highest BCUT2D eigenvalue weighted by molar-refractivity contribution is 5.79. The molecule has 0 amide bonds. The first-order chi connectivity index (χ1) is 14.2. The van der Waals surface area contributed by atoms with Crippen LogP contribution in [0.1, 0.15) is 17.2 Å². The van der Waals surface area contributed by atoms with E-state index >= 15 is 0 Å². The number of benzene rings is 2. The molecule has 2 aromatic carbocycles. The van der Waals surface area contributed by atoms with Crippen LogP contribution in [0.3, 0.4) is 0 Å². The van der Waals surface area contributed by atoms with Crippen molar-refractivity contribution in [2.24, 2.45) is 4.99 Å². The van der Waals surface area contributed by atoms with E-state index in [9.17, 15) is 8.78 Å². The second kappa shape index (κ2) is 10.9. The lowest BCUT2D eigenvalue weighted by Crippen LogP contribution is -2.46. The summed E-state index contributed by atoms with van der Waals surface area (Å²) in [5.74, 6) is 0.238. The summed E-state index contributed by atoms with van der Waals surface area (Å²) in [6.07, 6.45) is 0.770. The van der Waals surface area contributed by atoms with Gasteiger partial charge < -0.3 is 15.4 Å². The Kier molecular flexibility index (Phi) is 7.95. The van der Waals surface area contributed by atoms with E-state index in [2.05, 4.69) is 20.5 Å². The van der Waals surface area contributed by atoms with Crippen LogP contribution in [-0.2, 0) is 11.2 Å². The highest BCUT2D eigenvalue weighted by Crippen LogP contribution is 2.21. The zero-order valence-electron chi connectivity index (χ0n) is 16.7. The SMILES string of the molecule is CN=C(NCCc1ccc(F)cc1)NCC(c1ccc(F)cc1)N1CCOCC1. The average Bonchev–Trinajstić information content (AvgIpc) is 2.76. The van der Waals surface area contributed by atoms with Gasteiger partial charge in [0, 0.05) is 33.2 Å². The zero-order valence-corrected chi connectivity index (χ0v) is 16.7. The van der Waals surface area contributed by atoms with Crippen molar-refractivity contribution in [1.29, 1.82) is 0 Å². The highest BCUT2D eigenvalue weighted by atomic mass is 19.1. The standard InChI is InChI=1S/C22H28F2N4O/c1-25-22(26-11-10-17-2-6-19(23)7-3-17)27-16-21(28-12-14-29-15-13-28)18-4-8-20(24)9-5-18/h2-9,21H,10-16H2,1H3,(H2,25,26,27). The van der Waals surface area contributed by atoms with Crippen LogP contribution in [0.2, 0.25) is 0 Å². The third-order valence-corrected chi connectivity index (χ3v) is 5.05. The minimum absolute atomic E-state index is 0.0927. The second-order valence-electron chi connectivity index (χ2n) is 6.97. The Morgan fingerprint density at radius 1 is 1.00 bits per heavy atom. The van der Waals surface area contributed by atoms with Gasteiger partial charge in [-0.25, -0.2) is 8.78 Å². The quantitative estimate of drug-likeness (QED) is 0.552. The minimum Gasteiger partial charge on any atom is -0.379 e. The number of nitrogens with one attached hydrogen (secondary N) is 2. The summed E-state index contributed by atoms with van der Waals surface area (Å²) >= 11 is 0. The fourth-order valence-corrected chi connectivity index (χ4v) is 3.42. The van der Waals surface area contributed by atoms with E-state index < -0.39 is 0 Å². The summed E-state index contributed by atoms with van der Waals surface area (Å²) in [5, 5.41) is 6.67. The number of halogens is 2. The molecular weight excluding hydrogens is 374 g/mol. The maximum atomic E-state index is 13.4. The molecule has 0 aliphatic carbocycles. The molecule has 0 saturated carbocycles. The summed E-state index contributed by atoms with van der Waals surface area (Å²) < 4.78 is 31.8. The van der Waals surface area contributed by atoms with Gasteiger partial charge in [-0.15, -0.1) is 0 Å². The third kappa shape index (κ3) is 6.51. The predicted octanol–water partition coefficient (Wildman–Crippen LogP) is 2.75. The largest absolute Gasteiger partial charge is 0.379 e. The molecule has 5 nitrogen and oxygen atoms in total. The highest BCUT2D eigenvalue weighted by Gasteiger charge is 2.23. The molecule has 3 rings (SSSR count). The first-order valence-corrected chi connectivity index (χ1v) is 9.92. The Morgan fingerprint density at radius 3 is 2.24 bits per heavy atom. The second-order valence-corrected chi connectivity index (χ2v) is 6.97. The molecule has 1 aliphatic rings. The number of morpholine rings is 1. The summed E-state index contributed by atoms with van der Waals surface area (Å²) in [6.45, 7) is 4.39. The molecule has 0 bridgehead atoms. The fourth-order valence-electron chi connectivity index (χ4n) is 3.42. The van der Waals surface area contributed by atoms with Gasteiger partial charge in [-0.1, -0.05) is 24.3 Å². The van der Waals surface area contributed by atoms with Crippen LogP contribution in [0.25, 0.3) is 0 Å². The molecule has 1 saturated heterocycles. The van der Waals surface area contributed by atoms with Gasteiger partial charge in [0.1, 0.15) is 11.6 Å². The molecule has 7 heteroatoms. The van der Waals surface area contributed by atoms with Gasteiger partial charge in [0.05, 0.1) is 19.3 Å². The number of aliphatic imine (C=N–C) groups is 1. The third-order valence-electron chi connectivity index (χ3n) is 5.05. The van der Waals surface area contributed by atoms with E-state index in [0.717, 1.165) is 30.6 Å². The first-order valence-electron chi connectivity index (χ1n) is 9.92. The van der Waals surface area contributed by atoms with Crippen molar-refractivity contribution >= 4 is 5.96 Å². The zero-order chi connectivity index (χ0) is 20.5. The van der Waals surface area contributed by atoms with Gasteiger partial charge in [-0.3, -0.25) is 9.89 Å². The van der Waals surface area contributed by atoms with E-state index in [1.807, 2.05) is 12.1 Å². The lowest BCUT2D eigenvalue weighted by molar-refractivity contribution is 0.0170. The summed E-state index contributed by atoms with van der Waals surface area (Å²) in [4.78, 5) is 6.63. The maximum Gasteiger partial charge on any atom is 0.191 e. The predicted molar refractivity (Wildman–Crippen MR) is 111 cm³/mol. The van der Waals surface area contributed by atoms with Gasteiger partial charge in [0.25, 0.3) is 0 Å². The van der Waals surface area contributed by atoms with E-state index in [1.54, 1.807) is 19.2 Å². The monoisotopic (exact) mass is 402 g/mol. The van der Waals surface area contributed by atoms with Crippen LogP contribution in [-0.4, -0.2) is 57.3 Å². The van der Waals surface area contributed by atoms with E-state index in [4.69, 9.17) is 4.74 Å². The number of hydrogen-bond donors (Lipinski definition) is 2. The lowest BCUT2D eigenvalue weighted by atomic mass is 10.0. The number of ether oxygens (including phenoxy) is 1. The Bertz CT molecular complexity index is 774. The first kappa shape index (κ1) is 21.2. The Hall–Kier alpha value is -2.51. The van der Waals surface area contributed by atoms with Gasteiger partial charge in [0.15, 0.2) is 5.96 Å². The summed E-state index contributed by atoms with van der Waals surface area (Å²) in [6, 6.07) is 13.3. The van der Waals surface area contributed by atoms with E-state index in [-0.39, 0.29) is 17.7 Å². The van der Waals surface area contributed by atoms with Gasteiger partial charge in [-0.2, -0.15) is 0 Å². The molecule has 2 N–H and O–H groups in total. The Balaban J connectivity index is 1.56. The van der Waals surface area contributed by atoms with Gasteiger partial charge in [0.2, 0.25) is 0 Å². The molecule has 1 fully saturated rings. The average molecular weight is 402 g/mol. The van der Waals surface area contributed by atoms with Crippen LogP contribution in [0.5, 0.6) is 0 Å². The van der Waals surface area contributed by atoms with Crippen LogP contribution in [0.4, 0.5) is 8.78 Å². The molecule has 1 aliphatic heterocycles. The molecule has 0 spiro atoms. The van der Waals surface area contributed by atoms with Crippen molar-refractivity contribution in [3.05, 3.63) is 71.3 Å². The smallest absolute Gasteiger partial charge is 0.191 e. The van der Waals surface area contributed by atoms with Gasteiger partial charge >= 0.3 is 0 Å². The fraction of sp³-hybridized carbons (Fsp3) is 0.409. The maximum absolute atomic E-state index is 13.4. The van der Waals surface area contributed by atoms with Crippen molar-refractivity contribution < 1.29 is 13.5 Å². The van der Waals surface area contributed by atoms with Crippen molar-refractivity contribution in [3.8, 4) is 0 Å². The van der Waals surface area contributed by atoms with Crippen molar-refractivity contribution in [3.63, 3.8) is 0 Å². The Morgan fingerprint density at radius 2 is 1.62 bits per heavy atom. The minimum atomic E-state index is -0.235. The molecule has 1 atom stereocenters. The van der Waals surface area contributed by atoms with Crippen molar-refractivity contribution in [1.82, 2.24) is 15.5 Å². The van der Waals surface area contributed by atoms with Crippen LogP contribution in [0, 0.1) is 11.6 Å². The molecule has 1 heterocycles. The number of hydrogen-bond acceptors (Lipinski definition) is 3. The molecular formula is C22H28F2N4O. The molecule has 2 aromatic rings. The Labute approximate surface area is 170 Å². The molecule has 1 unspecified atom stereocenters. The molecule has 29 heavy (non-hydrogen) atoms. The number of rotatable bonds is 7. The lowest BCUT2D eigenvalue weighted by Gasteiger charge is -2.35. The number of nitrogens with zero attached hydrogens (tertiary/aromatic N) is 2. The molecule has 0 radical (unpaired) electrons. The van der Waals surface area contributed by atoms with Crippen LogP contribution >= 0.6 is 0 Å². The molecule has 156 valence electrons. The van der Waals surface area contributed by atoms with Crippen LogP contribution < -0.4 is 10.6 Å². The normalized spacial score (nSPS) is 16.4. The molecule has 0 aromatic heterocycles. The topological polar surface area (TPSA) is 48.9 Å². The van der Waals surface area contributed by atoms with E-state index in [1.165, 1.54) is 24.3 Å². The van der Waals surface area contributed by atoms with Crippen LogP contribution in [0.15, 0.2) is 53.5 Å². The summed E-state index contributed by atoms with van der Waals surface area (Å²) in [5.41, 5.74) is 2.12. The van der Waals surface area contributed by atoms with Crippen molar-refractivity contribution in [2.45, 2.75) is 12.5 Å². The summed E-state index contributed by atoms with van der Waals surface area (Å²) in [7, 11) is 1.73. The van der Waals surface area contributed by atoms with Gasteiger partial charge in [-0.05, 0) is 41.8 Å². The van der Waals surface area contributed by atoms with Crippen molar-refractivity contribution in [2.75, 3.05) is 46.4 Å². The van der Waals surface area contributed by atoms with E-state index in [0.29, 0.717) is 32.3 Å². The number of guanidine groups is 1.